The van der Waals surface area contributed by atoms with E-state index in [1.807, 2.05) is 61.5 Å². The van der Waals surface area contributed by atoms with Gasteiger partial charge < -0.3 is 10.1 Å². The quantitative estimate of drug-likeness (QED) is 0.742. The maximum atomic E-state index is 5.88. The van der Waals surface area contributed by atoms with Crippen LogP contribution in [0.4, 0.5) is 5.69 Å². The fourth-order valence-corrected chi connectivity index (χ4v) is 1.73. The predicted molar refractivity (Wildman–Crippen MR) is 80.9 cm³/mol. The molecule has 2 rings (SSSR count). The van der Waals surface area contributed by atoms with Gasteiger partial charge in [0.05, 0.1) is 5.69 Å². The molecular weight excluding hydrogens is 234 g/mol. The molecule has 2 heteroatoms. The minimum atomic E-state index is 0.843. The highest BCUT2D eigenvalue weighted by molar-refractivity contribution is 5.57. The molecule has 0 saturated heterocycles. The Labute approximate surface area is 114 Å². The minimum Gasteiger partial charge on any atom is -0.455 e. The second-order valence-electron chi connectivity index (χ2n) is 4.55. The Morgan fingerprint density at radius 2 is 1.74 bits per heavy atom. The third kappa shape index (κ3) is 4.18. The summed E-state index contributed by atoms with van der Waals surface area (Å²) in [7, 11) is 0. The normalized spacial score (nSPS) is 9.95. The lowest BCUT2D eigenvalue weighted by Crippen LogP contribution is -2.03. The van der Waals surface area contributed by atoms with Crippen LogP contribution in [0.1, 0.15) is 13.3 Å². The van der Waals surface area contributed by atoms with Crippen LogP contribution < -0.4 is 10.1 Å². The molecular formula is C17H19NO. The lowest BCUT2D eigenvalue weighted by molar-refractivity contribution is 0.484. The van der Waals surface area contributed by atoms with Crippen molar-refractivity contribution < 1.29 is 4.74 Å². The topological polar surface area (TPSA) is 21.3 Å². The summed E-state index contributed by atoms with van der Waals surface area (Å²) < 4.78 is 5.88. The van der Waals surface area contributed by atoms with Crippen molar-refractivity contribution in [3.05, 3.63) is 66.7 Å². The number of ether oxygens (including phenoxy) is 1. The standard InChI is InChI=1S/C17H19NO/c1-14(2)12-13-18-16-10-6-7-11-17(16)19-15-8-4-3-5-9-15/h3-11,18H,1,12-13H2,2H3. The molecule has 2 nitrogen and oxygen atoms in total. The van der Waals surface area contributed by atoms with Crippen molar-refractivity contribution in [1.29, 1.82) is 0 Å². The predicted octanol–water partition coefficient (Wildman–Crippen LogP) is 4.86. The van der Waals surface area contributed by atoms with Crippen LogP contribution in [0, 0.1) is 0 Å². The number of para-hydroxylation sites is 3. The molecule has 0 aliphatic rings. The molecule has 1 N–H and O–H groups in total. The van der Waals surface area contributed by atoms with Crippen LogP contribution in [0.5, 0.6) is 11.5 Å². The first-order valence-electron chi connectivity index (χ1n) is 6.46. The number of anilines is 1. The second kappa shape index (κ2) is 6.64. The summed E-state index contributed by atoms with van der Waals surface area (Å²) in [5.74, 6) is 1.69. The lowest BCUT2D eigenvalue weighted by atomic mass is 10.2. The van der Waals surface area contributed by atoms with Crippen LogP contribution in [0.2, 0.25) is 0 Å². The van der Waals surface area contributed by atoms with Crippen molar-refractivity contribution in [3.8, 4) is 11.5 Å². The van der Waals surface area contributed by atoms with Crippen LogP contribution in [0.3, 0.4) is 0 Å². The van der Waals surface area contributed by atoms with E-state index in [0.29, 0.717) is 0 Å². The van der Waals surface area contributed by atoms with E-state index in [-0.39, 0.29) is 0 Å². The molecule has 2 aromatic carbocycles. The number of hydrogen-bond acceptors (Lipinski definition) is 2. The summed E-state index contributed by atoms with van der Waals surface area (Å²) in [6.07, 6.45) is 0.958. The van der Waals surface area contributed by atoms with Gasteiger partial charge in [-0.05, 0) is 37.6 Å². The summed E-state index contributed by atoms with van der Waals surface area (Å²) in [4.78, 5) is 0. The van der Waals surface area contributed by atoms with Crippen molar-refractivity contribution in [1.82, 2.24) is 0 Å². The fraction of sp³-hybridized carbons (Fsp3) is 0.176. The molecule has 0 spiro atoms. The molecule has 0 aliphatic carbocycles. The zero-order chi connectivity index (χ0) is 13.5. The van der Waals surface area contributed by atoms with Crippen molar-refractivity contribution in [3.63, 3.8) is 0 Å². The SMILES string of the molecule is C=C(C)CCNc1ccccc1Oc1ccccc1. The molecule has 2 aromatic rings. The van der Waals surface area contributed by atoms with Crippen LogP contribution in [-0.4, -0.2) is 6.54 Å². The molecule has 0 fully saturated rings. The van der Waals surface area contributed by atoms with Crippen LogP contribution in [0.25, 0.3) is 0 Å². The van der Waals surface area contributed by atoms with Gasteiger partial charge in [-0.3, -0.25) is 0 Å². The fourth-order valence-electron chi connectivity index (χ4n) is 1.73. The number of hydrogen-bond donors (Lipinski definition) is 1. The number of benzene rings is 2. The van der Waals surface area contributed by atoms with Gasteiger partial charge in [-0.1, -0.05) is 35.9 Å². The first-order valence-corrected chi connectivity index (χ1v) is 6.46. The van der Waals surface area contributed by atoms with E-state index >= 15 is 0 Å². The molecule has 0 radical (unpaired) electrons. The largest absolute Gasteiger partial charge is 0.455 e. The van der Waals surface area contributed by atoms with Gasteiger partial charge in [-0.15, -0.1) is 6.58 Å². The molecule has 0 unspecified atom stereocenters. The molecule has 0 amide bonds. The lowest BCUT2D eigenvalue weighted by Gasteiger charge is -2.12. The summed E-state index contributed by atoms with van der Waals surface area (Å²) in [6, 6.07) is 17.8. The van der Waals surface area contributed by atoms with Crippen LogP contribution in [-0.2, 0) is 0 Å². The molecule has 19 heavy (non-hydrogen) atoms. The molecule has 0 saturated carbocycles. The maximum Gasteiger partial charge on any atom is 0.150 e. The molecule has 0 bridgehead atoms. The van der Waals surface area contributed by atoms with Gasteiger partial charge in [-0.25, -0.2) is 0 Å². The average Bonchev–Trinajstić information content (AvgIpc) is 2.41. The molecule has 0 atom stereocenters. The van der Waals surface area contributed by atoms with E-state index in [4.69, 9.17) is 4.74 Å². The summed E-state index contributed by atoms with van der Waals surface area (Å²) >= 11 is 0. The van der Waals surface area contributed by atoms with Gasteiger partial charge in [0.25, 0.3) is 0 Å². The summed E-state index contributed by atoms with van der Waals surface area (Å²) in [5.41, 5.74) is 2.18. The third-order valence-electron chi connectivity index (χ3n) is 2.73. The summed E-state index contributed by atoms with van der Waals surface area (Å²) in [5, 5.41) is 3.38. The highest BCUT2D eigenvalue weighted by atomic mass is 16.5. The van der Waals surface area contributed by atoms with Gasteiger partial charge in [-0.2, -0.15) is 0 Å². The highest BCUT2D eigenvalue weighted by Crippen LogP contribution is 2.28. The molecule has 0 aliphatic heterocycles. The van der Waals surface area contributed by atoms with E-state index in [1.165, 1.54) is 5.57 Å². The maximum absolute atomic E-state index is 5.88. The average molecular weight is 253 g/mol. The Hall–Kier alpha value is -2.22. The summed E-state index contributed by atoms with van der Waals surface area (Å²) in [6.45, 7) is 6.81. The van der Waals surface area contributed by atoms with E-state index in [2.05, 4.69) is 11.9 Å². The van der Waals surface area contributed by atoms with E-state index in [9.17, 15) is 0 Å². The van der Waals surface area contributed by atoms with Gasteiger partial charge >= 0.3 is 0 Å². The Bertz CT molecular complexity index is 534. The smallest absolute Gasteiger partial charge is 0.150 e. The Balaban J connectivity index is 2.06. The Kier molecular flexibility index (Phi) is 4.62. The second-order valence-corrected chi connectivity index (χ2v) is 4.55. The zero-order valence-corrected chi connectivity index (χ0v) is 11.2. The highest BCUT2D eigenvalue weighted by Gasteiger charge is 2.03. The monoisotopic (exact) mass is 253 g/mol. The van der Waals surface area contributed by atoms with Crippen molar-refractivity contribution in [2.75, 3.05) is 11.9 Å². The third-order valence-corrected chi connectivity index (χ3v) is 2.73. The molecule has 0 heterocycles. The Morgan fingerprint density at radius 3 is 2.47 bits per heavy atom. The minimum absolute atomic E-state index is 0.843. The van der Waals surface area contributed by atoms with Gasteiger partial charge in [0, 0.05) is 6.54 Å². The van der Waals surface area contributed by atoms with Crippen molar-refractivity contribution in [2.45, 2.75) is 13.3 Å². The first kappa shape index (κ1) is 13.2. The van der Waals surface area contributed by atoms with Crippen LogP contribution >= 0.6 is 0 Å². The zero-order valence-electron chi connectivity index (χ0n) is 11.2. The van der Waals surface area contributed by atoms with Gasteiger partial charge in [0.2, 0.25) is 0 Å². The van der Waals surface area contributed by atoms with Gasteiger partial charge in [0.15, 0.2) is 5.75 Å². The Morgan fingerprint density at radius 1 is 1.05 bits per heavy atom. The number of rotatable bonds is 6. The number of nitrogens with one attached hydrogen (secondary N) is 1. The first-order chi connectivity index (χ1) is 9.25. The van der Waals surface area contributed by atoms with E-state index < -0.39 is 0 Å². The van der Waals surface area contributed by atoms with E-state index in [0.717, 1.165) is 30.2 Å². The van der Waals surface area contributed by atoms with Crippen molar-refractivity contribution in [2.24, 2.45) is 0 Å². The molecule has 0 aromatic heterocycles. The van der Waals surface area contributed by atoms with Crippen LogP contribution in [0.15, 0.2) is 66.7 Å². The van der Waals surface area contributed by atoms with Gasteiger partial charge in [0.1, 0.15) is 5.75 Å². The molecule has 98 valence electrons. The van der Waals surface area contributed by atoms with E-state index in [1.54, 1.807) is 0 Å². The van der Waals surface area contributed by atoms with Crippen molar-refractivity contribution >= 4 is 5.69 Å².